The van der Waals surface area contributed by atoms with Crippen molar-refractivity contribution in [2.45, 2.75) is 0 Å². The third-order valence-corrected chi connectivity index (χ3v) is 4.99. The number of hydrogen-bond donors (Lipinski definition) is 2. The van der Waals surface area contributed by atoms with Gasteiger partial charge in [-0.15, -0.1) is 0 Å². The van der Waals surface area contributed by atoms with Crippen molar-refractivity contribution in [3.63, 3.8) is 0 Å². The summed E-state index contributed by atoms with van der Waals surface area (Å²) in [6, 6.07) is 22.0. The standard InChI is InChI=1S/C25H17FN2O/c26-20-3-1-2-16(12-20)4-5-17-13-23-22-14-19(18-6-9-21(29)10-7-18)8-11-24(22)28-25(23)27-15-17/h1-15,29H,(H,27,28)/b5-4+. The Hall–Kier alpha value is -3.92. The van der Waals surface area contributed by atoms with Crippen LogP contribution < -0.4 is 0 Å². The van der Waals surface area contributed by atoms with Crippen LogP contribution in [-0.2, 0) is 0 Å². The second-order valence-electron chi connectivity index (χ2n) is 6.99. The number of aromatic hydroxyl groups is 1. The number of benzene rings is 3. The van der Waals surface area contributed by atoms with Gasteiger partial charge in [0.2, 0.25) is 0 Å². The van der Waals surface area contributed by atoms with Crippen molar-refractivity contribution in [2.75, 3.05) is 0 Å². The van der Waals surface area contributed by atoms with Gasteiger partial charge in [0.1, 0.15) is 17.2 Å². The van der Waals surface area contributed by atoms with Crippen LogP contribution in [0.25, 0.3) is 45.2 Å². The molecule has 0 amide bonds. The average molecular weight is 380 g/mol. The Balaban J connectivity index is 1.57. The van der Waals surface area contributed by atoms with E-state index in [0.29, 0.717) is 0 Å². The van der Waals surface area contributed by atoms with E-state index in [4.69, 9.17) is 0 Å². The van der Waals surface area contributed by atoms with Crippen LogP contribution in [0, 0.1) is 5.82 Å². The number of hydrogen-bond acceptors (Lipinski definition) is 2. The van der Waals surface area contributed by atoms with Crippen molar-refractivity contribution in [3.8, 4) is 16.9 Å². The molecule has 3 aromatic carbocycles. The van der Waals surface area contributed by atoms with Crippen LogP contribution >= 0.6 is 0 Å². The molecule has 0 saturated heterocycles. The highest BCUT2D eigenvalue weighted by atomic mass is 19.1. The molecule has 2 aromatic heterocycles. The molecule has 29 heavy (non-hydrogen) atoms. The predicted octanol–water partition coefficient (Wildman–Crippen LogP) is 6.40. The molecule has 0 aliphatic carbocycles. The summed E-state index contributed by atoms with van der Waals surface area (Å²) >= 11 is 0. The van der Waals surface area contributed by atoms with Crippen LogP contribution in [0.15, 0.2) is 79.0 Å². The quantitative estimate of drug-likeness (QED) is 0.380. The number of halogens is 1. The number of aromatic nitrogens is 2. The van der Waals surface area contributed by atoms with Gasteiger partial charge in [-0.3, -0.25) is 0 Å². The zero-order valence-corrected chi connectivity index (χ0v) is 15.4. The molecule has 3 nitrogen and oxygen atoms in total. The summed E-state index contributed by atoms with van der Waals surface area (Å²) in [7, 11) is 0. The SMILES string of the molecule is Oc1ccc(-c2ccc3[nH]c4ncc(/C=C/c5cccc(F)c5)cc4c3c2)cc1. The second-order valence-corrected chi connectivity index (χ2v) is 6.99. The van der Waals surface area contributed by atoms with Gasteiger partial charge in [0.15, 0.2) is 0 Å². The lowest BCUT2D eigenvalue weighted by Crippen LogP contribution is -1.80. The number of pyridine rings is 1. The highest BCUT2D eigenvalue weighted by Gasteiger charge is 2.08. The fourth-order valence-corrected chi connectivity index (χ4v) is 3.52. The van der Waals surface area contributed by atoms with Crippen molar-refractivity contribution in [2.24, 2.45) is 0 Å². The molecule has 0 atom stereocenters. The monoisotopic (exact) mass is 380 g/mol. The number of phenolic OH excluding ortho intramolecular Hbond substituents is 1. The smallest absolute Gasteiger partial charge is 0.138 e. The van der Waals surface area contributed by atoms with E-state index in [-0.39, 0.29) is 11.6 Å². The summed E-state index contributed by atoms with van der Waals surface area (Å²) in [4.78, 5) is 7.90. The number of fused-ring (bicyclic) bond motifs is 3. The first-order valence-corrected chi connectivity index (χ1v) is 9.30. The molecular formula is C25H17FN2O. The van der Waals surface area contributed by atoms with E-state index in [1.807, 2.05) is 36.4 Å². The maximum Gasteiger partial charge on any atom is 0.138 e. The van der Waals surface area contributed by atoms with Crippen molar-refractivity contribution < 1.29 is 9.50 Å². The summed E-state index contributed by atoms with van der Waals surface area (Å²) in [5.74, 6) is -0.0000329. The molecule has 0 spiro atoms. The van der Waals surface area contributed by atoms with E-state index in [1.165, 1.54) is 12.1 Å². The summed E-state index contributed by atoms with van der Waals surface area (Å²) in [5.41, 5.74) is 5.69. The third kappa shape index (κ3) is 3.36. The lowest BCUT2D eigenvalue weighted by Gasteiger charge is -2.02. The fourth-order valence-electron chi connectivity index (χ4n) is 3.52. The van der Waals surface area contributed by atoms with Crippen LogP contribution in [0.1, 0.15) is 11.1 Å². The van der Waals surface area contributed by atoms with Crippen molar-refractivity contribution >= 4 is 34.1 Å². The highest BCUT2D eigenvalue weighted by molar-refractivity contribution is 6.07. The minimum atomic E-state index is -0.251. The molecular weight excluding hydrogens is 363 g/mol. The summed E-state index contributed by atoms with van der Waals surface area (Å²) in [5, 5.41) is 11.6. The van der Waals surface area contributed by atoms with Gasteiger partial charge in [-0.2, -0.15) is 0 Å². The van der Waals surface area contributed by atoms with Gasteiger partial charge >= 0.3 is 0 Å². The highest BCUT2D eigenvalue weighted by Crippen LogP contribution is 2.30. The Bertz CT molecular complexity index is 1370. The molecule has 0 radical (unpaired) electrons. The molecule has 140 valence electrons. The van der Waals surface area contributed by atoms with E-state index in [9.17, 15) is 9.50 Å². The number of nitrogens with one attached hydrogen (secondary N) is 1. The normalized spacial score (nSPS) is 11.6. The zero-order valence-electron chi connectivity index (χ0n) is 15.4. The Morgan fingerprint density at radius 1 is 0.793 bits per heavy atom. The summed E-state index contributed by atoms with van der Waals surface area (Å²) in [6.07, 6.45) is 5.61. The molecule has 2 N–H and O–H groups in total. The summed E-state index contributed by atoms with van der Waals surface area (Å²) < 4.78 is 13.4. The molecule has 5 rings (SSSR count). The van der Waals surface area contributed by atoms with Gasteiger partial charge in [-0.25, -0.2) is 9.37 Å². The average Bonchev–Trinajstić information content (AvgIpc) is 3.10. The van der Waals surface area contributed by atoms with Gasteiger partial charge < -0.3 is 10.1 Å². The molecule has 5 aromatic rings. The van der Waals surface area contributed by atoms with Crippen LogP contribution in [0.3, 0.4) is 0 Å². The second kappa shape index (κ2) is 6.91. The van der Waals surface area contributed by atoms with Gasteiger partial charge in [-0.05, 0) is 64.7 Å². The first-order chi connectivity index (χ1) is 14.2. The topological polar surface area (TPSA) is 48.9 Å². The van der Waals surface area contributed by atoms with E-state index < -0.39 is 0 Å². The molecule has 2 heterocycles. The fraction of sp³-hybridized carbons (Fsp3) is 0. The van der Waals surface area contributed by atoms with Crippen molar-refractivity contribution in [1.29, 1.82) is 0 Å². The number of nitrogens with zero attached hydrogens (tertiary/aromatic N) is 1. The van der Waals surface area contributed by atoms with Crippen molar-refractivity contribution in [3.05, 3.63) is 95.9 Å². The van der Waals surface area contributed by atoms with E-state index in [0.717, 1.165) is 44.2 Å². The van der Waals surface area contributed by atoms with E-state index in [2.05, 4.69) is 28.2 Å². The molecule has 4 heteroatoms. The van der Waals surface area contributed by atoms with Gasteiger partial charge in [0.25, 0.3) is 0 Å². The number of H-pyrrole nitrogens is 1. The van der Waals surface area contributed by atoms with Crippen molar-refractivity contribution in [1.82, 2.24) is 9.97 Å². The van der Waals surface area contributed by atoms with Gasteiger partial charge in [0.05, 0.1) is 0 Å². The predicted molar refractivity (Wildman–Crippen MR) is 116 cm³/mol. The Kier molecular flexibility index (Phi) is 4.10. The number of rotatable bonds is 3. The first-order valence-electron chi connectivity index (χ1n) is 9.30. The molecule has 0 fully saturated rings. The minimum absolute atomic E-state index is 0.251. The Labute approximate surface area is 166 Å². The molecule has 0 saturated carbocycles. The van der Waals surface area contributed by atoms with Gasteiger partial charge in [-0.1, -0.05) is 42.5 Å². The molecule has 0 unspecified atom stereocenters. The molecule has 0 aliphatic rings. The minimum Gasteiger partial charge on any atom is -0.508 e. The zero-order chi connectivity index (χ0) is 19.8. The number of phenols is 1. The first kappa shape index (κ1) is 17.2. The summed E-state index contributed by atoms with van der Waals surface area (Å²) in [6.45, 7) is 0. The Morgan fingerprint density at radius 3 is 2.41 bits per heavy atom. The lowest BCUT2D eigenvalue weighted by molar-refractivity contribution is 0.475. The van der Waals surface area contributed by atoms with Crippen LogP contribution in [0.4, 0.5) is 4.39 Å². The number of aromatic amines is 1. The maximum atomic E-state index is 13.4. The molecule has 0 bridgehead atoms. The van der Waals surface area contributed by atoms with Crippen LogP contribution in [-0.4, -0.2) is 15.1 Å². The lowest BCUT2D eigenvalue weighted by atomic mass is 10.0. The third-order valence-electron chi connectivity index (χ3n) is 4.99. The maximum absolute atomic E-state index is 13.4. The van der Waals surface area contributed by atoms with Crippen LogP contribution in [0.5, 0.6) is 5.75 Å². The Morgan fingerprint density at radius 2 is 1.59 bits per heavy atom. The van der Waals surface area contributed by atoms with Gasteiger partial charge in [0, 0.05) is 22.5 Å². The van der Waals surface area contributed by atoms with E-state index >= 15 is 0 Å². The largest absolute Gasteiger partial charge is 0.508 e. The van der Waals surface area contributed by atoms with E-state index in [1.54, 1.807) is 24.4 Å². The van der Waals surface area contributed by atoms with Crippen LogP contribution in [0.2, 0.25) is 0 Å². The molecule has 0 aliphatic heterocycles.